The van der Waals surface area contributed by atoms with Gasteiger partial charge in [-0.25, -0.2) is 13.6 Å². The lowest BCUT2D eigenvalue weighted by molar-refractivity contribution is 0.120. The maximum atomic E-state index is 14.9. The van der Waals surface area contributed by atoms with Crippen LogP contribution in [-0.2, 0) is 6.54 Å². The third kappa shape index (κ3) is 5.81. The van der Waals surface area contributed by atoms with Crippen LogP contribution in [0.2, 0.25) is 0 Å². The topological polar surface area (TPSA) is 57.2 Å². The minimum absolute atomic E-state index is 0.0256. The molecule has 0 unspecified atom stereocenters. The molecule has 1 saturated heterocycles. The summed E-state index contributed by atoms with van der Waals surface area (Å²) in [6.07, 6.45) is 7.82. The molecule has 2 fully saturated rings. The molecule has 1 spiro atoms. The number of ether oxygens (including phenoxy) is 1. The number of carbonyl (C=O) groups excluding carboxylic acids is 1. The average Bonchev–Trinajstić information content (AvgIpc) is 3.17. The molecule has 2 aromatic rings. The molecule has 210 valence electrons. The quantitative estimate of drug-likeness (QED) is 0.420. The molecule has 0 aromatic heterocycles. The van der Waals surface area contributed by atoms with E-state index in [0.29, 0.717) is 48.8 Å². The number of hydrogen-bond acceptors (Lipinski definition) is 4. The Morgan fingerprint density at radius 2 is 1.95 bits per heavy atom. The van der Waals surface area contributed by atoms with Gasteiger partial charge in [0.1, 0.15) is 28.8 Å². The van der Waals surface area contributed by atoms with E-state index in [1.807, 2.05) is 6.92 Å². The SMILES string of the molecule is CC[C@@H](C)Oc1ccc(F)c(CN2CC[C@@]3(C[C@@H]2C)C(NC2CCCCC2)=NC(=O)N3c2cccc(F)c2)c1. The zero-order chi connectivity index (χ0) is 27.6. The number of piperidine rings is 1. The molecule has 0 radical (unpaired) electrons. The van der Waals surface area contributed by atoms with E-state index in [4.69, 9.17) is 4.74 Å². The molecule has 3 aliphatic rings. The largest absolute Gasteiger partial charge is 0.491 e. The molecular formula is C31H40F2N4O2. The van der Waals surface area contributed by atoms with Gasteiger partial charge >= 0.3 is 6.03 Å². The van der Waals surface area contributed by atoms with Crippen molar-refractivity contribution in [3.05, 3.63) is 59.7 Å². The molecule has 2 amide bonds. The van der Waals surface area contributed by atoms with Gasteiger partial charge in [0.2, 0.25) is 0 Å². The fraction of sp³-hybridized carbons (Fsp3) is 0.548. The number of halogens is 2. The summed E-state index contributed by atoms with van der Waals surface area (Å²) in [6, 6.07) is 11.1. The maximum absolute atomic E-state index is 14.9. The number of urea groups is 1. The molecule has 6 nitrogen and oxygen atoms in total. The van der Waals surface area contributed by atoms with E-state index >= 15 is 0 Å². The van der Waals surface area contributed by atoms with Crippen molar-refractivity contribution in [3.63, 3.8) is 0 Å². The second kappa shape index (κ2) is 11.6. The van der Waals surface area contributed by atoms with Crippen molar-refractivity contribution in [2.45, 2.75) is 102 Å². The predicted molar refractivity (Wildman–Crippen MR) is 150 cm³/mol. The Kier molecular flexibility index (Phi) is 8.21. The smallest absolute Gasteiger partial charge is 0.350 e. The van der Waals surface area contributed by atoms with E-state index in [1.54, 1.807) is 29.2 Å². The number of rotatable bonds is 7. The van der Waals surface area contributed by atoms with Gasteiger partial charge in [-0.15, -0.1) is 0 Å². The van der Waals surface area contributed by atoms with Gasteiger partial charge in [-0.05, 0) is 82.3 Å². The molecule has 2 aliphatic heterocycles. The highest BCUT2D eigenvalue weighted by atomic mass is 19.1. The van der Waals surface area contributed by atoms with E-state index in [0.717, 1.165) is 32.1 Å². The monoisotopic (exact) mass is 538 g/mol. The van der Waals surface area contributed by atoms with Crippen LogP contribution >= 0.6 is 0 Å². The van der Waals surface area contributed by atoms with Gasteiger partial charge in [0.15, 0.2) is 0 Å². The molecule has 2 aromatic carbocycles. The van der Waals surface area contributed by atoms with E-state index in [-0.39, 0.29) is 35.9 Å². The standard InChI is InChI=1S/C31H40F2N4O2/c1-4-22(3)39-27-13-14-28(33)23(17-27)20-36-16-15-31(19-21(36)2)29(34-25-10-6-5-7-11-25)35-30(38)37(31)26-12-8-9-24(32)18-26/h8-9,12-14,17-18,21-22,25H,4-7,10-11,15-16,19-20H2,1-3H3,(H,34,35,38)/t21-,22+,31+/m0/s1. The summed E-state index contributed by atoms with van der Waals surface area (Å²) in [4.78, 5) is 21.9. The van der Waals surface area contributed by atoms with Gasteiger partial charge in [0, 0.05) is 36.4 Å². The Hall–Kier alpha value is -3.00. The molecule has 0 bridgehead atoms. The number of amidine groups is 1. The minimum Gasteiger partial charge on any atom is -0.491 e. The lowest BCUT2D eigenvalue weighted by Gasteiger charge is -2.48. The summed E-state index contributed by atoms with van der Waals surface area (Å²) in [5, 5.41) is 3.65. The van der Waals surface area contributed by atoms with Crippen LogP contribution in [0, 0.1) is 11.6 Å². The van der Waals surface area contributed by atoms with E-state index < -0.39 is 5.54 Å². The number of nitrogens with zero attached hydrogens (tertiary/aromatic N) is 3. The molecule has 1 saturated carbocycles. The molecule has 5 rings (SSSR count). The Bertz CT molecular complexity index is 1210. The van der Waals surface area contributed by atoms with Crippen molar-refractivity contribution >= 4 is 17.6 Å². The number of hydrogen-bond donors (Lipinski definition) is 1. The van der Waals surface area contributed by atoms with Crippen LogP contribution < -0.4 is 15.0 Å². The highest BCUT2D eigenvalue weighted by molar-refractivity contribution is 6.16. The van der Waals surface area contributed by atoms with E-state index in [9.17, 15) is 13.6 Å². The Morgan fingerprint density at radius 1 is 1.15 bits per heavy atom. The number of amides is 2. The summed E-state index contributed by atoms with van der Waals surface area (Å²) in [7, 11) is 0. The number of nitrogens with one attached hydrogen (secondary N) is 1. The zero-order valence-electron chi connectivity index (χ0n) is 23.3. The lowest BCUT2D eigenvalue weighted by Crippen LogP contribution is -2.63. The summed E-state index contributed by atoms with van der Waals surface area (Å²) in [5.41, 5.74) is 0.418. The van der Waals surface area contributed by atoms with Crippen molar-refractivity contribution in [1.82, 2.24) is 10.2 Å². The van der Waals surface area contributed by atoms with Gasteiger partial charge in [-0.3, -0.25) is 9.80 Å². The average molecular weight is 539 g/mol. The number of carbonyl (C=O) groups is 1. The van der Waals surface area contributed by atoms with Gasteiger partial charge < -0.3 is 10.1 Å². The van der Waals surface area contributed by atoms with E-state index in [1.165, 1.54) is 24.6 Å². The molecule has 39 heavy (non-hydrogen) atoms. The fourth-order valence-corrected chi connectivity index (χ4v) is 6.32. The third-order valence-corrected chi connectivity index (χ3v) is 8.65. The van der Waals surface area contributed by atoms with Gasteiger partial charge in [0.25, 0.3) is 0 Å². The zero-order valence-corrected chi connectivity index (χ0v) is 23.3. The Balaban J connectivity index is 1.40. The molecule has 2 heterocycles. The number of benzene rings is 2. The number of likely N-dealkylation sites (tertiary alicyclic amines) is 1. The van der Waals surface area contributed by atoms with Crippen LogP contribution in [0.1, 0.15) is 77.7 Å². The summed E-state index contributed by atoms with van der Waals surface area (Å²) in [6.45, 7) is 7.26. The summed E-state index contributed by atoms with van der Waals surface area (Å²) >= 11 is 0. The highest BCUT2D eigenvalue weighted by Crippen LogP contribution is 2.41. The van der Waals surface area contributed by atoms with Crippen molar-refractivity contribution in [3.8, 4) is 5.75 Å². The first-order valence-corrected chi connectivity index (χ1v) is 14.4. The van der Waals surface area contributed by atoms with Crippen molar-refractivity contribution in [2.24, 2.45) is 4.99 Å². The van der Waals surface area contributed by atoms with Crippen LogP contribution in [-0.4, -0.2) is 47.0 Å². The third-order valence-electron chi connectivity index (χ3n) is 8.65. The van der Waals surface area contributed by atoms with E-state index in [2.05, 4.69) is 29.1 Å². The second-order valence-electron chi connectivity index (χ2n) is 11.4. The van der Waals surface area contributed by atoms with Gasteiger partial charge in [-0.1, -0.05) is 32.3 Å². The Labute approximate surface area is 230 Å². The first-order chi connectivity index (χ1) is 18.8. The van der Waals surface area contributed by atoms with Crippen LogP contribution in [0.4, 0.5) is 19.3 Å². The molecule has 1 aliphatic carbocycles. The number of anilines is 1. The van der Waals surface area contributed by atoms with Crippen LogP contribution in [0.3, 0.4) is 0 Å². The lowest BCUT2D eigenvalue weighted by atomic mass is 9.80. The highest BCUT2D eigenvalue weighted by Gasteiger charge is 2.54. The minimum atomic E-state index is -0.696. The van der Waals surface area contributed by atoms with Gasteiger partial charge in [-0.2, -0.15) is 4.99 Å². The van der Waals surface area contributed by atoms with Crippen LogP contribution in [0.15, 0.2) is 47.5 Å². The van der Waals surface area contributed by atoms with Crippen LogP contribution in [0.5, 0.6) is 5.75 Å². The molecule has 1 N–H and O–H groups in total. The molecular weight excluding hydrogens is 498 g/mol. The fourth-order valence-electron chi connectivity index (χ4n) is 6.32. The number of aliphatic imine (C=N–C) groups is 1. The normalized spacial score (nSPS) is 25.2. The second-order valence-corrected chi connectivity index (χ2v) is 11.4. The van der Waals surface area contributed by atoms with Gasteiger partial charge in [0.05, 0.1) is 6.10 Å². The Morgan fingerprint density at radius 3 is 2.67 bits per heavy atom. The van der Waals surface area contributed by atoms with Crippen LogP contribution in [0.25, 0.3) is 0 Å². The molecule has 3 atom stereocenters. The first kappa shape index (κ1) is 27.6. The predicted octanol–water partition coefficient (Wildman–Crippen LogP) is 6.83. The molecule has 8 heteroatoms. The summed E-state index contributed by atoms with van der Waals surface area (Å²) in [5.74, 6) is 0.735. The first-order valence-electron chi connectivity index (χ1n) is 14.4. The summed E-state index contributed by atoms with van der Waals surface area (Å²) < 4.78 is 35.1. The van der Waals surface area contributed by atoms with Crippen molar-refractivity contribution in [1.29, 1.82) is 0 Å². The maximum Gasteiger partial charge on any atom is 0.350 e. The van der Waals surface area contributed by atoms with Crippen molar-refractivity contribution in [2.75, 3.05) is 11.4 Å². The van der Waals surface area contributed by atoms with Crippen molar-refractivity contribution < 1.29 is 18.3 Å².